The van der Waals surface area contributed by atoms with Gasteiger partial charge >= 0.3 is 5.97 Å². The van der Waals surface area contributed by atoms with Gasteiger partial charge in [0.15, 0.2) is 6.61 Å². The Bertz CT molecular complexity index is 701. The van der Waals surface area contributed by atoms with Gasteiger partial charge in [-0.3, -0.25) is 4.79 Å². The summed E-state index contributed by atoms with van der Waals surface area (Å²) < 4.78 is 4.83. The van der Waals surface area contributed by atoms with E-state index in [1.165, 1.54) is 6.08 Å². The second-order valence-corrected chi connectivity index (χ2v) is 4.97. The molecule has 2 aromatic carbocycles. The molecule has 0 saturated heterocycles. The zero-order valence-corrected chi connectivity index (χ0v) is 12.7. The number of hydrogen-bond donors (Lipinski definition) is 1. The largest absolute Gasteiger partial charge is 0.452 e. The van der Waals surface area contributed by atoms with E-state index in [9.17, 15) is 9.59 Å². The third-order valence-corrected chi connectivity index (χ3v) is 3.32. The molecule has 0 heterocycles. The predicted molar refractivity (Wildman–Crippen MR) is 86.3 cm³/mol. The molecular formula is C18H19NO3. The van der Waals surface area contributed by atoms with Gasteiger partial charge in [-0.1, -0.05) is 48.5 Å². The summed E-state index contributed by atoms with van der Waals surface area (Å²) in [6.45, 7) is 3.34. The molecule has 0 saturated carbocycles. The minimum absolute atomic E-state index is 0.168. The molecular weight excluding hydrogens is 278 g/mol. The summed E-state index contributed by atoms with van der Waals surface area (Å²) in [6.07, 6.45) is 2.85. The lowest BCUT2D eigenvalue weighted by Gasteiger charge is -2.16. The third-order valence-electron chi connectivity index (χ3n) is 3.32. The minimum Gasteiger partial charge on any atom is -0.452 e. The summed E-state index contributed by atoms with van der Waals surface area (Å²) in [5.41, 5.74) is 1.03. The molecule has 0 aliphatic carbocycles. The number of ether oxygens (including phenoxy) is 1. The van der Waals surface area contributed by atoms with Gasteiger partial charge in [-0.2, -0.15) is 0 Å². The Kier molecular flexibility index (Phi) is 5.31. The first-order chi connectivity index (χ1) is 10.6. The van der Waals surface area contributed by atoms with Gasteiger partial charge in [-0.25, -0.2) is 4.79 Å². The molecule has 2 rings (SSSR count). The molecule has 0 aliphatic heterocycles. The monoisotopic (exact) mass is 297 g/mol. The van der Waals surface area contributed by atoms with Crippen molar-refractivity contribution < 1.29 is 14.3 Å². The molecule has 0 spiro atoms. The maximum Gasteiger partial charge on any atom is 0.330 e. The van der Waals surface area contributed by atoms with Crippen LogP contribution in [0.25, 0.3) is 10.8 Å². The average molecular weight is 297 g/mol. The Balaban J connectivity index is 2.03. The molecule has 0 radical (unpaired) electrons. The fourth-order valence-electron chi connectivity index (χ4n) is 2.31. The summed E-state index contributed by atoms with van der Waals surface area (Å²) in [5.74, 6) is -0.839. The summed E-state index contributed by atoms with van der Waals surface area (Å²) >= 11 is 0. The first kappa shape index (κ1) is 15.8. The highest BCUT2D eigenvalue weighted by atomic mass is 16.5. The van der Waals surface area contributed by atoms with Crippen LogP contribution in [0.3, 0.4) is 0 Å². The van der Waals surface area contributed by atoms with Crippen molar-refractivity contribution in [2.75, 3.05) is 6.61 Å². The number of nitrogens with one attached hydrogen (secondary N) is 1. The molecule has 0 aliphatic rings. The third kappa shape index (κ3) is 3.95. The molecule has 22 heavy (non-hydrogen) atoms. The van der Waals surface area contributed by atoms with Crippen LogP contribution in [-0.4, -0.2) is 18.5 Å². The standard InChI is InChI=1S/C18H19NO3/c1-3-7-18(21)22-12-17(20)19-13(2)15-11-6-9-14-8-4-5-10-16(14)15/h3-11,13H,12H2,1-2H3,(H,19,20)/b7-3+/t13-/m0/s1. The van der Waals surface area contributed by atoms with Crippen molar-refractivity contribution in [1.82, 2.24) is 5.32 Å². The van der Waals surface area contributed by atoms with Crippen molar-refractivity contribution in [3.63, 3.8) is 0 Å². The highest BCUT2D eigenvalue weighted by Gasteiger charge is 2.13. The van der Waals surface area contributed by atoms with Crippen LogP contribution in [-0.2, 0) is 14.3 Å². The van der Waals surface area contributed by atoms with Crippen molar-refractivity contribution in [3.05, 3.63) is 60.2 Å². The maximum absolute atomic E-state index is 11.9. The zero-order chi connectivity index (χ0) is 15.9. The van der Waals surface area contributed by atoms with Crippen LogP contribution in [0.2, 0.25) is 0 Å². The molecule has 1 atom stereocenters. The number of fused-ring (bicyclic) bond motifs is 1. The number of carbonyl (C=O) groups excluding carboxylic acids is 2. The van der Waals surface area contributed by atoms with Gasteiger partial charge in [0.05, 0.1) is 6.04 Å². The topological polar surface area (TPSA) is 55.4 Å². The second-order valence-electron chi connectivity index (χ2n) is 4.97. The van der Waals surface area contributed by atoms with Crippen molar-refractivity contribution in [3.8, 4) is 0 Å². The molecule has 1 amide bonds. The van der Waals surface area contributed by atoms with Gasteiger partial charge in [-0.15, -0.1) is 0 Å². The first-order valence-corrected chi connectivity index (χ1v) is 7.18. The quantitative estimate of drug-likeness (QED) is 0.681. The van der Waals surface area contributed by atoms with Crippen molar-refractivity contribution in [1.29, 1.82) is 0 Å². The van der Waals surface area contributed by atoms with Gasteiger partial charge in [0.25, 0.3) is 5.91 Å². The van der Waals surface area contributed by atoms with Gasteiger partial charge < -0.3 is 10.1 Å². The fourth-order valence-corrected chi connectivity index (χ4v) is 2.31. The summed E-state index contributed by atoms with van der Waals surface area (Å²) in [6, 6.07) is 13.8. The van der Waals surface area contributed by atoms with Crippen molar-refractivity contribution in [2.24, 2.45) is 0 Å². The highest BCUT2D eigenvalue weighted by Crippen LogP contribution is 2.23. The van der Waals surface area contributed by atoms with Crippen LogP contribution < -0.4 is 5.32 Å². The van der Waals surface area contributed by atoms with E-state index in [1.54, 1.807) is 13.0 Å². The molecule has 4 heteroatoms. The van der Waals surface area contributed by atoms with Crippen LogP contribution in [0.4, 0.5) is 0 Å². The van der Waals surface area contributed by atoms with Crippen LogP contribution in [0.15, 0.2) is 54.6 Å². The normalized spacial score (nSPS) is 12.3. The molecule has 2 aromatic rings. The van der Waals surface area contributed by atoms with Gasteiger partial charge in [0.1, 0.15) is 0 Å². The number of esters is 1. The van der Waals surface area contributed by atoms with Crippen molar-refractivity contribution >= 4 is 22.6 Å². The van der Waals surface area contributed by atoms with Crippen molar-refractivity contribution in [2.45, 2.75) is 19.9 Å². The maximum atomic E-state index is 11.9. The van der Waals surface area contributed by atoms with Crippen LogP contribution in [0, 0.1) is 0 Å². The zero-order valence-electron chi connectivity index (χ0n) is 12.7. The molecule has 0 aromatic heterocycles. The summed E-state index contributed by atoms with van der Waals surface area (Å²) in [4.78, 5) is 23.0. The molecule has 0 bridgehead atoms. The van der Waals surface area contributed by atoms with E-state index in [-0.39, 0.29) is 18.6 Å². The Hall–Kier alpha value is -2.62. The average Bonchev–Trinajstić information content (AvgIpc) is 2.52. The first-order valence-electron chi connectivity index (χ1n) is 7.18. The molecule has 0 fully saturated rings. The number of benzene rings is 2. The highest BCUT2D eigenvalue weighted by molar-refractivity contribution is 5.88. The van der Waals surface area contributed by atoms with Crippen LogP contribution >= 0.6 is 0 Å². The number of allylic oxidation sites excluding steroid dienone is 1. The lowest BCUT2D eigenvalue weighted by molar-refractivity contribution is -0.144. The second kappa shape index (κ2) is 7.41. The van der Waals surface area contributed by atoms with Crippen LogP contribution in [0.5, 0.6) is 0 Å². The minimum atomic E-state index is -0.518. The van der Waals surface area contributed by atoms with Crippen LogP contribution in [0.1, 0.15) is 25.5 Å². The Labute approximate surface area is 129 Å². The van der Waals surface area contributed by atoms with E-state index in [0.717, 1.165) is 16.3 Å². The van der Waals surface area contributed by atoms with E-state index in [1.807, 2.05) is 49.4 Å². The number of amides is 1. The number of hydrogen-bond acceptors (Lipinski definition) is 3. The predicted octanol–water partition coefficient (Wildman–Crippen LogP) is 3.14. The van der Waals surface area contributed by atoms with E-state index >= 15 is 0 Å². The van der Waals surface area contributed by atoms with Gasteiger partial charge in [0.2, 0.25) is 0 Å². The Morgan fingerprint density at radius 3 is 2.68 bits per heavy atom. The fraction of sp³-hybridized carbons (Fsp3) is 0.222. The van der Waals surface area contributed by atoms with Gasteiger partial charge in [0, 0.05) is 6.08 Å². The Morgan fingerprint density at radius 1 is 1.18 bits per heavy atom. The lowest BCUT2D eigenvalue weighted by atomic mass is 10.00. The molecule has 0 unspecified atom stereocenters. The van der Waals surface area contributed by atoms with E-state index in [0.29, 0.717) is 0 Å². The molecule has 1 N–H and O–H groups in total. The molecule has 114 valence electrons. The molecule has 4 nitrogen and oxygen atoms in total. The van der Waals surface area contributed by atoms with Gasteiger partial charge in [-0.05, 0) is 30.2 Å². The SMILES string of the molecule is C/C=C/C(=O)OCC(=O)N[C@@H](C)c1cccc2ccccc12. The summed E-state index contributed by atoms with van der Waals surface area (Å²) in [5, 5.41) is 5.07. The lowest BCUT2D eigenvalue weighted by Crippen LogP contribution is -2.31. The number of carbonyl (C=O) groups is 2. The van der Waals surface area contributed by atoms with E-state index in [2.05, 4.69) is 5.32 Å². The Morgan fingerprint density at radius 2 is 1.91 bits per heavy atom. The smallest absolute Gasteiger partial charge is 0.330 e. The summed E-state index contributed by atoms with van der Waals surface area (Å²) in [7, 11) is 0. The number of rotatable bonds is 5. The van der Waals surface area contributed by atoms with E-state index < -0.39 is 5.97 Å². The van der Waals surface area contributed by atoms with E-state index in [4.69, 9.17) is 4.74 Å².